The molecule has 3 N–H and O–H groups in total. The van der Waals surface area contributed by atoms with Crippen LogP contribution in [0.4, 0.5) is 0 Å². The molecule has 0 saturated carbocycles. The van der Waals surface area contributed by atoms with Crippen molar-refractivity contribution in [2.45, 2.75) is 39.3 Å². The van der Waals surface area contributed by atoms with E-state index in [1.54, 1.807) is 0 Å². The van der Waals surface area contributed by atoms with Gasteiger partial charge in [0.05, 0.1) is 5.54 Å². The Labute approximate surface area is 192 Å². The topological polar surface area (TPSA) is 61.4 Å². The van der Waals surface area contributed by atoms with Crippen molar-refractivity contribution >= 4 is 5.97 Å². The highest BCUT2D eigenvalue weighted by atomic mass is 16.4. The maximum atomic E-state index is 12.1. The van der Waals surface area contributed by atoms with Crippen LogP contribution < -0.4 is 10.6 Å². The van der Waals surface area contributed by atoms with E-state index in [1.165, 1.54) is 0 Å². The molecule has 0 aliphatic heterocycles. The number of benzene rings is 3. The lowest BCUT2D eigenvalue weighted by molar-refractivity contribution is -0.141. The molecule has 3 aromatic rings. The normalized spacial score (nSPS) is 12.0. The monoisotopic (exact) mass is 432 g/mol. The van der Waals surface area contributed by atoms with Gasteiger partial charge in [-0.25, -0.2) is 0 Å². The van der Waals surface area contributed by atoms with E-state index in [1.807, 2.05) is 105 Å². The summed E-state index contributed by atoms with van der Waals surface area (Å²) in [7, 11) is 0. The van der Waals surface area contributed by atoms with Crippen LogP contribution in [0, 0.1) is 5.92 Å². The second-order valence-electron chi connectivity index (χ2n) is 8.01. The third-order valence-corrected chi connectivity index (χ3v) is 5.43. The Balaban J connectivity index is 0.000000654. The fourth-order valence-electron chi connectivity index (χ4n) is 3.81. The van der Waals surface area contributed by atoms with Gasteiger partial charge in [0.15, 0.2) is 0 Å². The zero-order chi connectivity index (χ0) is 23.4. The minimum absolute atomic E-state index is 0.0713. The van der Waals surface area contributed by atoms with Gasteiger partial charge in [-0.15, -0.1) is 0 Å². The summed E-state index contributed by atoms with van der Waals surface area (Å²) in [5.41, 5.74) is 2.26. The molecule has 0 amide bonds. The van der Waals surface area contributed by atoms with Crippen molar-refractivity contribution in [3.63, 3.8) is 0 Å². The van der Waals surface area contributed by atoms with Crippen LogP contribution in [0.5, 0.6) is 0 Å². The first-order valence-electron chi connectivity index (χ1n) is 11.3. The van der Waals surface area contributed by atoms with Gasteiger partial charge in [-0.05, 0) is 35.7 Å². The second kappa shape index (κ2) is 12.8. The van der Waals surface area contributed by atoms with Gasteiger partial charge in [0, 0.05) is 0 Å². The first kappa shape index (κ1) is 25.3. The maximum Gasteiger partial charge on any atom is 0.321 e. The van der Waals surface area contributed by atoms with Crippen LogP contribution >= 0.6 is 0 Å². The minimum Gasteiger partial charge on any atom is -0.480 e. The van der Waals surface area contributed by atoms with E-state index in [0.29, 0.717) is 0 Å². The van der Waals surface area contributed by atoms with Crippen molar-refractivity contribution in [3.05, 3.63) is 108 Å². The number of aliphatic carboxylic acids is 1. The molecule has 1 atom stereocenters. The predicted octanol–water partition coefficient (Wildman–Crippen LogP) is 5.29. The van der Waals surface area contributed by atoms with E-state index in [0.717, 1.165) is 29.8 Å². The molecular weight excluding hydrogens is 396 g/mol. The Bertz CT molecular complexity index is 813. The van der Waals surface area contributed by atoms with Gasteiger partial charge >= 0.3 is 5.97 Å². The fraction of sp³-hybridized carbons (Fsp3) is 0.321. The van der Waals surface area contributed by atoms with E-state index in [9.17, 15) is 9.90 Å². The van der Waals surface area contributed by atoms with Crippen LogP contribution in [0.1, 0.15) is 44.4 Å². The molecular formula is C28H36N2O2. The smallest absolute Gasteiger partial charge is 0.321 e. The molecule has 0 radical (unpaired) electrons. The van der Waals surface area contributed by atoms with Crippen LogP contribution in [-0.2, 0) is 10.3 Å². The molecule has 0 saturated heterocycles. The Morgan fingerprint density at radius 2 is 1.09 bits per heavy atom. The number of carboxylic acid groups (broad SMARTS) is 1. The van der Waals surface area contributed by atoms with Gasteiger partial charge in [0.25, 0.3) is 0 Å². The molecule has 0 aliphatic carbocycles. The molecule has 0 aliphatic rings. The zero-order valence-corrected chi connectivity index (χ0v) is 19.6. The van der Waals surface area contributed by atoms with Crippen LogP contribution in [0.25, 0.3) is 0 Å². The average molecular weight is 433 g/mol. The number of carboxylic acids is 1. The highest BCUT2D eigenvalue weighted by molar-refractivity contribution is 5.74. The molecule has 0 spiro atoms. The standard InChI is InChI=1S/C24H25NO2.C4H11N/c1-18(2)22(23(26)27)25-24(19-12-6-3-7-13-19,20-14-8-4-9-15-20)21-16-10-5-11-17-21;1-3-5-4-2/h3-18,22,25H,1-2H3,(H,26,27);5H,3-4H2,1-2H3/t22-;/m0./s1. The van der Waals surface area contributed by atoms with E-state index in [-0.39, 0.29) is 5.92 Å². The van der Waals surface area contributed by atoms with Crippen molar-refractivity contribution < 1.29 is 9.90 Å². The molecule has 0 aromatic heterocycles. The molecule has 3 rings (SSSR count). The van der Waals surface area contributed by atoms with E-state index >= 15 is 0 Å². The summed E-state index contributed by atoms with van der Waals surface area (Å²) in [6.45, 7) is 10.2. The highest BCUT2D eigenvalue weighted by Crippen LogP contribution is 2.37. The van der Waals surface area contributed by atoms with Crippen LogP contribution in [0.15, 0.2) is 91.0 Å². The van der Waals surface area contributed by atoms with Gasteiger partial charge in [0.1, 0.15) is 6.04 Å². The predicted molar refractivity (Wildman–Crippen MR) is 133 cm³/mol. The number of hydrogen-bond acceptors (Lipinski definition) is 3. The van der Waals surface area contributed by atoms with Crippen molar-refractivity contribution in [1.82, 2.24) is 10.6 Å². The summed E-state index contributed by atoms with van der Waals surface area (Å²) in [5, 5.41) is 16.5. The summed E-state index contributed by atoms with van der Waals surface area (Å²) in [5.74, 6) is -0.921. The Hall–Kier alpha value is -2.95. The molecule has 0 bridgehead atoms. The maximum absolute atomic E-state index is 12.1. The van der Waals surface area contributed by atoms with Crippen molar-refractivity contribution in [1.29, 1.82) is 0 Å². The SMILES string of the molecule is CC(C)[C@H](NC(c1ccccc1)(c1ccccc1)c1ccccc1)C(=O)O.CCNCC. The Kier molecular flexibility index (Phi) is 10.1. The molecule has 3 aromatic carbocycles. The Morgan fingerprint density at radius 1 is 0.750 bits per heavy atom. The number of hydrogen-bond donors (Lipinski definition) is 3. The first-order chi connectivity index (χ1) is 15.5. The lowest BCUT2D eigenvalue weighted by Gasteiger charge is -2.40. The Morgan fingerprint density at radius 3 is 1.31 bits per heavy atom. The molecule has 4 heteroatoms. The van der Waals surface area contributed by atoms with Gasteiger partial charge in [0.2, 0.25) is 0 Å². The second-order valence-corrected chi connectivity index (χ2v) is 8.01. The number of nitrogens with one attached hydrogen (secondary N) is 2. The van der Waals surface area contributed by atoms with Gasteiger partial charge in [-0.1, -0.05) is 119 Å². The fourth-order valence-corrected chi connectivity index (χ4v) is 3.81. The summed E-state index contributed by atoms with van der Waals surface area (Å²) >= 11 is 0. The number of rotatable bonds is 9. The van der Waals surface area contributed by atoms with Crippen LogP contribution in [0.2, 0.25) is 0 Å². The third kappa shape index (κ3) is 6.28. The molecule has 0 fully saturated rings. The van der Waals surface area contributed by atoms with Gasteiger partial charge in [-0.2, -0.15) is 0 Å². The molecule has 4 nitrogen and oxygen atoms in total. The summed E-state index contributed by atoms with van der Waals surface area (Å²) in [6.07, 6.45) is 0. The largest absolute Gasteiger partial charge is 0.480 e. The van der Waals surface area contributed by atoms with E-state index in [4.69, 9.17) is 0 Å². The van der Waals surface area contributed by atoms with Gasteiger partial charge < -0.3 is 10.4 Å². The average Bonchev–Trinajstić information content (AvgIpc) is 2.82. The molecule has 0 unspecified atom stereocenters. The summed E-state index contributed by atoms with van der Waals surface area (Å²) < 4.78 is 0. The third-order valence-electron chi connectivity index (χ3n) is 5.43. The van der Waals surface area contributed by atoms with Crippen molar-refractivity contribution in [2.75, 3.05) is 13.1 Å². The van der Waals surface area contributed by atoms with Crippen molar-refractivity contribution in [3.8, 4) is 0 Å². The van der Waals surface area contributed by atoms with Crippen LogP contribution in [0.3, 0.4) is 0 Å². The van der Waals surface area contributed by atoms with Crippen LogP contribution in [-0.4, -0.2) is 30.2 Å². The lowest BCUT2D eigenvalue weighted by Crippen LogP contribution is -2.54. The van der Waals surface area contributed by atoms with E-state index in [2.05, 4.69) is 24.5 Å². The van der Waals surface area contributed by atoms with E-state index < -0.39 is 17.6 Å². The highest BCUT2D eigenvalue weighted by Gasteiger charge is 2.40. The molecule has 32 heavy (non-hydrogen) atoms. The lowest BCUT2D eigenvalue weighted by atomic mass is 9.76. The molecule has 170 valence electrons. The zero-order valence-electron chi connectivity index (χ0n) is 19.6. The first-order valence-corrected chi connectivity index (χ1v) is 11.3. The minimum atomic E-state index is -0.850. The quantitative estimate of drug-likeness (QED) is 0.402. The van der Waals surface area contributed by atoms with Crippen molar-refractivity contribution in [2.24, 2.45) is 5.92 Å². The number of carbonyl (C=O) groups is 1. The van der Waals surface area contributed by atoms with Gasteiger partial charge in [-0.3, -0.25) is 10.1 Å². The molecule has 0 heterocycles. The summed E-state index contributed by atoms with van der Waals surface area (Å²) in [6, 6.07) is 29.4. The summed E-state index contributed by atoms with van der Waals surface area (Å²) in [4.78, 5) is 12.1.